The van der Waals surface area contributed by atoms with Gasteiger partial charge in [0.15, 0.2) is 0 Å². The van der Waals surface area contributed by atoms with Crippen molar-refractivity contribution < 1.29 is 23.1 Å². The maximum Gasteiger partial charge on any atom is 0.325 e. The summed E-state index contributed by atoms with van der Waals surface area (Å²) in [5.41, 5.74) is -1.27. The van der Waals surface area contributed by atoms with Crippen molar-refractivity contribution in [1.82, 2.24) is 4.31 Å². The second-order valence-corrected chi connectivity index (χ2v) is 6.20. The maximum absolute atomic E-state index is 11.8. The SMILES string of the molecule is O=C(O)C1(N2CCCS2(=O)=O)CCOCC1. The van der Waals surface area contributed by atoms with Crippen LogP contribution in [-0.4, -0.2) is 54.8 Å². The number of aliphatic carboxylic acids is 1. The minimum absolute atomic E-state index is 0.0584. The van der Waals surface area contributed by atoms with Gasteiger partial charge < -0.3 is 9.84 Å². The first-order valence-electron chi connectivity index (χ1n) is 5.31. The molecule has 6 nitrogen and oxygen atoms in total. The fraction of sp³-hybridized carbons (Fsp3) is 0.889. The Balaban J connectivity index is 2.36. The molecule has 0 spiro atoms. The summed E-state index contributed by atoms with van der Waals surface area (Å²) < 4.78 is 29.9. The zero-order valence-electron chi connectivity index (χ0n) is 8.89. The van der Waals surface area contributed by atoms with Gasteiger partial charge in [-0.15, -0.1) is 0 Å². The Labute approximate surface area is 94.2 Å². The normalized spacial score (nSPS) is 29.0. The predicted octanol–water partition coefficient (Wildman–Crippen LogP) is -0.344. The van der Waals surface area contributed by atoms with Crippen molar-refractivity contribution in [2.24, 2.45) is 0 Å². The molecule has 2 saturated heterocycles. The Kier molecular flexibility index (Phi) is 2.93. The molecular formula is C9H15NO5S. The number of carbonyl (C=O) groups is 1. The van der Waals surface area contributed by atoms with E-state index in [0.29, 0.717) is 26.2 Å². The zero-order chi connectivity index (χ0) is 11.8. The standard InChI is InChI=1S/C9H15NO5S/c11-8(12)9(2-5-15-6-3-9)10-4-1-7-16(10,13)14/h1-7H2,(H,11,12). The van der Waals surface area contributed by atoms with E-state index in [1.807, 2.05) is 0 Å². The Hall–Kier alpha value is -0.660. The van der Waals surface area contributed by atoms with E-state index in [-0.39, 0.29) is 18.6 Å². The van der Waals surface area contributed by atoms with E-state index < -0.39 is 21.5 Å². The molecule has 0 bridgehead atoms. The van der Waals surface area contributed by atoms with E-state index in [0.717, 1.165) is 0 Å². The van der Waals surface area contributed by atoms with E-state index in [1.54, 1.807) is 0 Å². The Bertz CT molecular complexity index is 385. The maximum atomic E-state index is 11.8. The number of nitrogens with zero attached hydrogens (tertiary/aromatic N) is 1. The monoisotopic (exact) mass is 249 g/mol. The molecule has 2 aliphatic rings. The summed E-state index contributed by atoms with van der Waals surface area (Å²) in [6.45, 7) is 0.922. The van der Waals surface area contributed by atoms with Crippen molar-refractivity contribution in [2.45, 2.75) is 24.8 Å². The molecular weight excluding hydrogens is 234 g/mol. The number of carboxylic acid groups (broad SMARTS) is 1. The van der Waals surface area contributed by atoms with Crippen molar-refractivity contribution in [3.05, 3.63) is 0 Å². The molecule has 0 atom stereocenters. The highest BCUT2D eigenvalue weighted by atomic mass is 32.2. The second kappa shape index (κ2) is 3.97. The Morgan fingerprint density at radius 1 is 1.31 bits per heavy atom. The van der Waals surface area contributed by atoms with Crippen molar-refractivity contribution in [2.75, 3.05) is 25.5 Å². The minimum Gasteiger partial charge on any atom is -0.480 e. The molecule has 2 aliphatic heterocycles. The van der Waals surface area contributed by atoms with Gasteiger partial charge in [0.2, 0.25) is 10.0 Å². The quantitative estimate of drug-likeness (QED) is 0.723. The molecule has 2 fully saturated rings. The van der Waals surface area contributed by atoms with E-state index >= 15 is 0 Å². The lowest BCUT2D eigenvalue weighted by molar-refractivity contribution is -0.153. The summed E-state index contributed by atoms with van der Waals surface area (Å²) in [6, 6.07) is 0. The van der Waals surface area contributed by atoms with Crippen LogP contribution in [0.4, 0.5) is 0 Å². The lowest BCUT2D eigenvalue weighted by Gasteiger charge is -2.39. The van der Waals surface area contributed by atoms with Gasteiger partial charge in [0.05, 0.1) is 5.75 Å². The van der Waals surface area contributed by atoms with Gasteiger partial charge in [-0.2, -0.15) is 4.31 Å². The molecule has 2 rings (SSSR count). The molecule has 0 amide bonds. The topological polar surface area (TPSA) is 83.9 Å². The number of hydrogen-bond acceptors (Lipinski definition) is 4. The number of carboxylic acids is 1. The molecule has 1 N–H and O–H groups in total. The van der Waals surface area contributed by atoms with Crippen molar-refractivity contribution in [1.29, 1.82) is 0 Å². The molecule has 0 aromatic carbocycles. The summed E-state index contributed by atoms with van der Waals surface area (Å²) in [7, 11) is -3.39. The highest BCUT2D eigenvalue weighted by molar-refractivity contribution is 7.89. The molecule has 0 unspecified atom stereocenters. The van der Waals surface area contributed by atoms with Crippen LogP contribution in [0.2, 0.25) is 0 Å². The Morgan fingerprint density at radius 2 is 1.94 bits per heavy atom. The molecule has 0 saturated carbocycles. The van der Waals surface area contributed by atoms with E-state index in [9.17, 15) is 18.3 Å². The van der Waals surface area contributed by atoms with Gasteiger partial charge in [0, 0.05) is 32.6 Å². The van der Waals surface area contributed by atoms with Crippen molar-refractivity contribution in [3.8, 4) is 0 Å². The van der Waals surface area contributed by atoms with Crippen molar-refractivity contribution in [3.63, 3.8) is 0 Å². The molecule has 2 heterocycles. The fourth-order valence-electron chi connectivity index (χ4n) is 2.40. The third kappa shape index (κ3) is 1.72. The predicted molar refractivity (Wildman–Crippen MR) is 55.5 cm³/mol. The molecule has 0 aromatic rings. The van der Waals surface area contributed by atoms with Gasteiger partial charge in [-0.25, -0.2) is 8.42 Å². The van der Waals surface area contributed by atoms with Gasteiger partial charge in [-0.05, 0) is 6.42 Å². The van der Waals surface area contributed by atoms with Crippen LogP contribution in [0.3, 0.4) is 0 Å². The molecule has 16 heavy (non-hydrogen) atoms. The van der Waals surface area contributed by atoms with Crippen LogP contribution in [0.25, 0.3) is 0 Å². The smallest absolute Gasteiger partial charge is 0.325 e. The van der Waals surface area contributed by atoms with Gasteiger partial charge in [-0.1, -0.05) is 0 Å². The summed E-state index contributed by atoms with van der Waals surface area (Å²) >= 11 is 0. The number of hydrogen-bond donors (Lipinski definition) is 1. The molecule has 7 heteroatoms. The third-order valence-corrected chi connectivity index (χ3v) is 5.30. The van der Waals surface area contributed by atoms with E-state index in [1.165, 1.54) is 4.31 Å². The molecule has 0 aliphatic carbocycles. The molecule has 0 aromatic heterocycles. The second-order valence-electron chi connectivity index (χ2n) is 4.19. The number of ether oxygens (including phenoxy) is 1. The average molecular weight is 249 g/mol. The summed E-state index contributed by atoms with van der Waals surface area (Å²) in [6.07, 6.45) is 0.987. The minimum atomic E-state index is -3.39. The van der Waals surface area contributed by atoms with Crippen LogP contribution in [0.15, 0.2) is 0 Å². The lowest BCUT2D eigenvalue weighted by Crippen LogP contribution is -2.58. The number of rotatable bonds is 2. The first-order valence-corrected chi connectivity index (χ1v) is 6.92. The summed E-state index contributed by atoms with van der Waals surface area (Å²) in [5.74, 6) is -0.996. The first-order chi connectivity index (χ1) is 7.49. The first kappa shape index (κ1) is 11.8. The third-order valence-electron chi connectivity index (χ3n) is 3.29. The van der Waals surface area contributed by atoms with Crippen LogP contribution < -0.4 is 0 Å². The number of sulfonamides is 1. The molecule has 0 radical (unpaired) electrons. The summed E-state index contributed by atoms with van der Waals surface area (Å²) in [5, 5.41) is 9.32. The largest absolute Gasteiger partial charge is 0.480 e. The van der Waals surface area contributed by atoms with Crippen molar-refractivity contribution >= 4 is 16.0 Å². The Morgan fingerprint density at radius 3 is 2.38 bits per heavy atom. The van der Waals surface area contributed by atoms with E-state index in [4.69, 9.17) is 4.74 Å². The zero-order valence-corrected chi connectivity index (χ0v) is 9.70. The average Bonchev–Trinajstić information content (AvgIpc) is 2.59. The van der Waals surface area contributed by atoms with Crippen LogP contribution in [0, 0.1) is 0 Å². The lowest BCUT2D eigenvalue weighted by atomic mass is 9.90. The van der Waals surface area contributed by atoms with E-state index in [2.05, 4.69) is 0 Å². The van der Waals surface area contributed by atoms with Gasteiger partial charge >= 0.3 is 5.97 Å². The highest BCUT2D eigenvalue weighted by Crippen LogP contribution is 2.34. The van der Waals surface area contributed by atoms with Gasteiger partial charge in [0.1, 0.15) is 5.54 Å². The van der Waals surface area contributed by atoms with Crippen LogP contribution in [0.1, 0.15) is 19.3 Å². The highest BCUT2D eigenvalue weighted by Gasteiger charge is 2.52. The van der Waals surface area contributed by atoms with Gasteiger partial charge in [-0.3, -0.25) is 4.79 Å². The molecule has 92 valence electrons. The van der Waals surface area contributed by atoms with Crippen LogP contribution >= 0.6 is 0 Å². The van der Waals surface area contributed by atoms with Gasteiger partial charge in [0.25, 0.3) is 0 Å². The fourth-order valence-corrected chi connectivity index (χ4v) is 4.31. The van der Waals surface area contributed by atoms with Crippen LogP contribution in [-0.2, 0) is 19.6 Å². The summed E-state index contributed by atoms with van der Waals surface area (Å²) in [4.78, 5) is 11.4. The van der Waals surface area contributed by atoms with Crippen LogP contribution in [0.5, 0.6) is 0 Å².